The van der Waals surface area contributed by atoms with Crippen molar-refractivity contribution in [3.05, 3.63) is 93.2 Å². The molecule has 1 N–H and O–H groups in total. The standard InChI is InChI=1S/C21H18BrClN2O2/c22-17-12-19(20(23)25-13-17)21(26)24-11-10-15-6-8-18(9-7-15)27-14-16-4-2-1-3-5-16/h1-9,12-13H,10-11,14H2,(H,24,26). The second kappa shape index (κ2) is 9.53. The van der Waals surface area contributed by atoms with Crippen molar-refractivity contribution in [3.8, 4) is 5.75 Å². The molecule has 0 saturated carbocycles. The molecule has 2 aromatic carbocycles. The van der Waals surface area contributed by atoms with E-state index in [4.69, 9.17) is 16.3 Å². The number of nitrogens with one attached hydrogen (secondary N) is 1. The van der Waals surface area contributed by atoms with Crippen LogP contribution in [0.15, 0.2) is 71.3 Å². The number of nitrogens with zero attached hydrogens (tertiary/aromatic N) is 1. The molecule has 6 heteroatoms. The summed E-state index contributed by atoms with van der Waals surface area (Å²) in [7, 11) is 0. The highest BCUT2D eigenvalue weighted by molar-refractivity contribution is 9.10. The fourth-order valence-electron chi connectivity index (χ4n) is 2.49. The molecule has 27 heavy (non-hydrogen) atoms. The first kappa shape index (κ1) is 19.4. The Labute approximate surface area is 171 Å². The average Bonchev–Trinajstić information content (AvgIpc) is 2.70. The molecule has 3 rings (SSSR count). The fraction of sp³-hybridized carbons (Fsp3) is 0.143. The molecule has 0 spiro atoms. The maximum atomic E-state index is 12.2. The van der Waals surface area contributed by atoms with Crippen LogP contribution in [-0.4, -0.2) is 17.4 Å². The number of halogens is 2. The first-order chi connectivity index (χ1) is 13.1. The van der Waals surface area contributed by atoms with Crippen molar-refractivity contribution in [1.82, 2.24) is 10.3 Å². The quantitative estimate of drug-likeness (QED) is 0.518. The van der Waals surface area contributed by atoms with Gasteiger partial charge in [0.15, 0.2) is 0 Å². The van der Waals surface area contributed by atoms with Crippen LogP contribution in [0.4, 0.5) is 0 Å². The molecular formula is C21H18BrClN2O2. The van der Waals surface area contributed by atoms with Crippen LogP contribution in [0.5, 0.6) is 5.75 Å². The molecule has 1 amide bonds. The Morgan fingerprint density at radius 2 is 1.81 bits per heavy atom. The molecule has 3 aromatic rings. The molecule has 0 saturated heterocycles. The van der Waals surface area contributed by atoms with Crippen LogP contribution >= 0.6 is 27.5 Å². The van der Waals surface area contributed by atoms with Gasteiger partial charge in [0.2, 0.25) is 0 Å². The van der Waals surface area contributed by atoms with E-state index in [0.29, 0.717) is 29.6 Å². The van der Waals surface area contributed by atoms with Gasteiger partial charge in [0.1, 0.15) is 17.5 Å². The molecule has 1 aromatic heterocycles. The molecular weight excluding hydrogens is 428 g/mol. The number of rotatable bonds is 7. The van der Waals surface area contributed by atoms with E-state index in [1.807, 2.05) is 54.6 Å². The van der Waals surface area contributed by atoms with E-state index in [0.717, 1.165) is 16.9 Å². The van der Waals surface area contributed by atoms with Gasteiger partial charge in [-0.15, -0.1) is 0 Å². The van der Waals surface area contributed by atoms with Crippen molar-refractivity contribution >= 4 is 33.4 Å². The molecule has 0 radical (unpaired) electrons. The Kier molecular flexibility index (Phi) is 6.85. The lowest BCUT2D eigenvalue weighted by atomic mass is 10.1. The summed E-state index contributed by atoms with van der Waals surface area (Å²) in [5.74, 6) is 0.579. The van der Waals surface area contributed by atoms with Crippen molar-refractivity contribution < 1.29 is 9.53 Å². The second-order valence-electron chi connectivity index (χ2n) is 5.92. The molecule has 0 fully saturated rings. The summed E-state index contributed by atoms with van der Waals surface area (Å²) in [5, 5.41) is 3.05. The van der Waals surface area contributed by atoms with E-state index in [1.165, 1.54) is 0 Å². The molecule has 0 aliphatic heterocycles. The highest BCUT2D eigenvalue weighted by Gasteiger charge is 2.11. The van der Waals surface area contributed by atoms with Crippen LogP contribution in [0, 0.1) is 0 Å². The van der Waals surface area contributed by atoms with E-state index < -0.39 is 0 Å². The Bertz CT molecular complexity index is 902. The zero-order valence-electron chi connectivity index (χ0n) is 14.5. The van der Waals surface area contributed by atoms with Gasteiger partial charge in [-0.3, -0.25) is 4.79 Å². The summed E-state index contributed by atoms with van der Waals surface area (Å²) >= 11 is 9.26. The zero-order chi connectivity index (χ0) is 19.1. The number of carbonyl (C=O) groups excluding carboxylic acids is 1. The number of hydrogen-bond donors (Lipinski definition) is 1. The largest absolute Gasteiger partial charge is 0.489 e. The molecule has 0 atom stereocenters. The maximum absolute atomic E-state index is 12.2. The Hall–Kier alpha value is -2.37. The van der Waals surface area contributed by atoms with E-state index in [9.17, 15) is 4.79 Å². The molecule has 1 heterocycles. The third-order valence-electron chi connectivity index (χ3n) is 3.92. The summed E-state index contributed by atoms with van der Waals surface area (Å²) < 4.78 is 6.49. The van der Waals surface area contributed by atoms with Gasteiger partial charge in [0.25, 0.3) is 5.91 Å². The first-order valence-corrected chi connectivity index (χ1v) is 9.64. The third-order valence-corrected chi connectivity index (χ3v) is 4.66. The van der Waals surface area contributed by atoms with Crippen LogP contribution in [0.25, 0.3) is 0 Å². The summed E-state index contributed by atoms with van der Waals surface area (Å²) in [6.07, 6.45) is 2.27. The highest BCUT2D eigenvalue weighted by Crippen LogP contribution is 2.18. The van der Waals surface area contributed by atoms with Crippen LogP contribution in [0.3, 0.4) is 0 Å². The Morgan fingerprint density at radius 3 is 2.56 bits per heavy atom. The number of pyridine rings is 1. The predicted octanol–water partition coefficient (Wildman–Crippen LogP) is 5.05. The summed E-state index contributed by atoms with van der Waals surface area (Å²) in [5.41, 5.74) is 2.60. The van der Waals surface area contributed by atoms with Gasteiger partial charge >= 0.3 is 0 Å². The van der Waals surface area contributed by atoms with Gasteiger partial charge in [-0.1, -0.05) is 54.1 Å². The van der Waals surface area contributed by atoms with Crippen molar-refractivity contribution in [3.63, 3.8) is 0 Å². The van der Waals surface area contributed by atoms with Crippen LogP contribution in [0.1, 0.15) is 21.5 Å². The average molecular weight is 446 g/mol. The van der Waals surface area contributed by atoms with Gasteiger partial charge in [0.05, 0.1) is 5.56 Å². The fourth-order valence-corrected chi connectivity index (χ4v) is 3.01. The first-order valence-electron chi connectivity index (χ1n) is 8.47. The number of hydrogen-bond acceptors (Lipinski definition) is 3. The van der Waals surface area contributed by atoms with Crippen molar-refractivity contribution in [2.45, 2.75) is 13.0 Å². The Balaban J connectivity index is 1.47. The van der Waals surface area contributed by atoms with Gasteiger partial charge in [0, 0.05) is 17.2 Å². The van der Waals surface area contributed by atoms with Crippen LogP contribution in [-0.2, 0) is 13.0 Å². The molecule has 138 valence electrons. The second-order valence-corrected chi connectivity index (χ2v) is 7.19. The number of benzene rings is 2. The summed E-state index contributed by atoms with van der Waals surface area (Å²) in [4.78, 5) is 16.2. The molecule has 0 aliphatic carbocycles. The lowest BCUT2D eigenvalue weighted by Crippen LogP contribution is -2.26. The van der Waals surface area contributed by atoms with E-state index in [1.54, 1.807) is 12.3 Å². The van der Waals surface area contributed by atoms with E-state index in [-0.39, 0.29) is 11.1 Å². The van der Waals surface area contributed by atoms with Gasteiger partial charge in [-0.05, 0) is 51.7 Å². The molecule has 0 aliphatic rings. The van der Waals surface area contributed by atoms with Crippen molar-refractivity contribution in [2.75, 3.05) is 6.54 Å². The normalized spacial score (nSPS) is 10.4. The molecule has 0 unspecified atom stereocenters. The molecule has 0 bridgehead atoms. The minimum atomic E-state index is -0.239. The monoisotopic (exact) mass is 444 g/mol. The van der Waals surface area contributed by atoms with Crippen LogP contribution in [0.2, 0.25) is 5.15 Å². The lowest BCUT2D eigenvalue weighted by Gasteiger charge is -2.09. The van der Waals surface area contributed by atoms with Gasteiger partial charge in [-0.25, -0.2) is 4.98 Å². The van der Waals surface area contributed by atoms with E-state index in [2.05, 4.69) is 26.2 Å². The number of carbonyl (C=O) groups is 1. The maximum Gasteiger partial charge on any atom is 0.254 e. The topological polar surface area (TPSA) is 51.2 Å². The lowest BCUT2D eigenvalue weighted by molar-refractivity contribution is 0.0954. The smallest absolute Gasteiger partial charge is 0.254 e. The third kappa shape index (κ3) is 5.81. The number of amides is 1. The van der Waals surface area contributed by atoms with Gasteiger partial charge in [-0.2, -0.15) is 0 Å². The SMILES string of the molecule is O=C(NCCc1ccc(OCc2ccccc2)cc1)c1cc(Br)cnc1Cl. The van der Waals surface area contributed by atoms with Crippen molar-refractivity contribution in [1.29, 1.82) is 0 Å². The zero-order valence-corrected chi connectivity index (χ0v) is 16.8. The summed E-state index contributed by atoms with van der Waals surface area (Å²) in [6.45, 7) is 1.05. The predicted molar refractivity (Wildman–Crippen MR) is 110 cm³/mol. The molecule has 4 nitrogen and oxygen atoms in total. The van der Waals surface area contributed by atoms with Crippen molar-refractivity contribution in [2.24, 2.45) is 0 Å². The summed E-state index contributed by atoms with van der Waals surface area (Å²) in [6, 6.07) is 19.6. The minimum absolute atomic E-state index is 0.190. The Morgan fingerprint density at radius 1 is 1.07 bits per heavy atom. The van der Waals surface area contributed by atoms with E-state index >= 15 is 0 Å². The number of ether oxygens (including phenoxy) is 1. The van der Waals surface area contributed by atoms with Gasteiger partial charge < -0.3 is 10.1 Å². The highest BCUT2D eigenvalue weighted by atomic mass is 79.9. The minimum Gasteiger partial charge on any atom is -0.489 e. The van der Waals surface area contributed by atoms with Crippen LogP contribution < -0.4 is 10.1 Å². The number of aromatic nitrogens is 1.